The summed E-state index contributed by atoms with van der Waals surface area (Å²) in [6.45, 7) is 9.80. The smallest absolute Gasteiger partial charge is 0.426 e. The first-order chi connectivity index (χ1) is 10.6. The van der Waals surface area contributed by atoms with E-state index in [4.69, 9.17) is 14.7 Å². The Labute approximate surface area is 136 Å². The predicted octanol–water partition coefficient (Wildman–Crippen LogP) is 2.26. The number of aromatic nitrogens is 2. The molecule has 0 spiro atoms. The first-order valence-electron chi connectivity index (χ1n) is 7.25. The lowest BCUT2D eigenvalue weighted by molar-refractivity contribution is 0.0519. The van der Waals surface area contributed by atoms with Gasteiger partial charge >= 0.3 is 6.09 Å². The Balaban J connectivity index is 3.07. The summed E-state index contributed by atoms with van der Waals surface area (Å²) in [5.41, 5.74) is 2.02. The molecular weight excluding hydrogens is 298 g/mol. The molecule has 8 nitrogen and oxygen atoms in total. The maximum absolute atomic E-state index is 12.0. The normalized spacial score (nSPS) is 10.9. The summed E-state index contributed by atoms with van der Waals surface area (Å²) in [5, 5.41) is 10.5. The lowest BCUT2D eigenvalue weighted by atomic mass is 10.2. The van der Waals surface area contributed by atoms with Crippen molar-refractivity contribution < 1.29 is 14.3 Å². The molecule has 1 aromatic rings. The van der Waals surface area contributed by atoms with E-state index in [1.165, 1.54) is 12.1 Å². The van der Waals surface area contributed by atoms with Crippen LogP contribution in [0.25, 0.3) is 0 Å². The molecule has 8 heteroatoms. The van der Waals surface area contributed by atoms with Gasteiger partial charge in [0.1, 0.15) is 11.7 Å². The van der Waals surface area contributed by atoms with Crippen LogP contribution in [-0.4, -0.2) is 35.3 Å². The molecule has 0 aliphatic carbocycles. The molecule has 1 N–H and O–H groups in total. The van der Waals surface area contributed by atoms with Gasteiger partial charge in [0.2, 0.25) is 11.7 Å². The van der Waals surface area contributed by atoms with Crippen molar-refractivity contribution in [2.24, 2.45) is 5.92 Å². The van der Waals surface area contributed by atoms with E-state index in [1.54, 1.807) is 26.8 Å². The molecule has 0 saturated carbocycles. The van der Waals surface area contributed by atoms with Crippen LogP contribution in [0.1, 0.15) is 40.4 Å². The van der Waals surface area contributed by atoms with E-state index in [0.29, 0.717) is 12.4 Å². The van der Waals surface area contributed by atoms with Crippen molar-refractivity contribution in [1.82, 2.24) is 15.4 Å². The van der Waals surface area contributed by atoms with Crippen molar-refractivity contribution in [3.8, 4) is 11.9 Å². The third-order valence-corrected chi connectivity index (χ3v) is 2.45. The number of rotatable bonds is 5. The van der Waals surface area contributed by atoms with E-state index in [0.717, 1.165) is 0 Å². The standard InChI is InChI=1S/C15H23N5O3/c1-10(2)9-20(19-14(21)23-15(3,4)5)12-7-13(22-6)18-11(8-16)17-12/h7,10H,9H2,1-6H3,(H,19,21). The minimum absolute atomic E-state index is 0.0425. The molecule has 1 rings (SSSR count). The number of anilines is 1. The minimum atomic E-state index is -0.616. The number of nitrogens with one attached hydrogen (secondary N) is 1. The molecule has 0 atom stereocenters. The molecule has 0 bridgehead atoms. The summed E-state index contributed by atoms with van der Waals surface area (Å²) in [7, 11) is 1.45. The van der Waals surface area contributed by atoms with Gasteiger partial charge in [-0.05, 0) is 26.7 Å². The third-order valence-electron chi connectivity index (χ3n) is 2.45. The van der Waals surface area contributed by atoms with E-state index >= 15 is 0 Å². The Hall–Kier alpha value is -2.56. The number of hydrogen-bond donors (Lipinski definition) is 1. The first kappa shape index (κ1) is 18.5. The van der Waals surface area contributed by atoms with Gasteiger partial charge in [-0.25, -0.2) is 10.2 Å². The lowest BCUT2D eigenvalue weighted by Crippen LogP contribution is -2.47. The average molecular weight is 321 g/mol. The maximum Gasteiger partial charge on any atom is 0.426 e. The molecule has 0 unspecified atom stereocenters. The van der Waals surface area contributed by atoms with Gasteiger partial charge in [0.25, 0.3) is 0 Å². The van der Waals surface area contributed by atoms with Crippen LogP contribution >= 0.6 is 0 Å². The largest absolute Gasteiger partial charge is 0.481 e. The second-order valence-corrected chi connectivity index (χ2v) is 6.32. The molecule has 1 heterocycles. The maximum atomic E-state index is 12.0. The van der Waals surface area contributed by atoms with Gasteiger partial charge in [-0.15, -0.1) is 0 Å². The second-order valence-electron chi connectivity index (χ2n) is 6.32. The SMILES string of the molecule is COc1cc(N(CC(C)C)NC(=O)OC(C)(C)C)nc(C#N)n1. The molecule has 126 valence electrons. The van der Waals surface area contributed by atoms with Gasteiger partial charge < -0.3 is 9.47 Å². The molecule has 0 radical (unpaired) electrons. The van der Waals surface area contributed by atoms with E-state index in [1.807, 2.05) is 19.9 Å². The van der Waals surface area contributed by atoms with Crippen LogP contribution in [0.4, 0.5) is 10.6 Å². The highest BCUT2D eigenvalue weighted by molar-refractivity contribution is 5.70. The Kier molecular flexibility index (Phi) is 6.13. The molecular formula is C15H23N5O3. The highest BCUT2D eigenvalue weighted by Gasteiger charge is 2.21. The molecule has 1 amide bonds. The first-order valence-corrected chi connectivity index (χ1v) is 7.25. The highest BCUT2D eigenvalue weighted by Crippen LogP contribution is 2.17. The topological polar surface area (TPSA) is 100 Å². The number of nitriles is 1. The summed E-state index contributed by atoms with van der Waals surface area (Å²) >= 11 is 0. The van der Waals surface area contributed by atoms with Crippen molar-refractivity contribution >= 4 is 11.9 Å². The monoisotopic (exact) mass is 321 g/mol. The molecule has 0 aliphatic heterocycles. The fourth-order valence-electron chi connectivity index (χ4n) is 1.68. The quantitative estimate of drug-likeness (QED) is 0.830. The summed E-state index contributed by atoms with van der Waals surface area (Å²) in [6, 6.07) is 3.41. The van der Waals surface area contributed by atoms with E-state index < -0.39 is 11.7 Å². The minimum Gasteiger partial charge on any atom is -0.481 e. The van der Waals surface area contributed by atoms with E-state index in [-0.39, 0.29) is 17.6 Å². The van der Waals surface area contributed by atoms with Gasteiger partial charge in [-0.1, -0.05) is 13.8 Å². The average Bonchev–Trinajstić information content (AvgIpc) is 2.43. The number of nitrogens with zero attached hydrogens (tertiary/aromatic N) is 4. The van der Waals surface area contributed by atoms with Gasteiger partial charge in [0.05, 0.1) is 7.11 Å². The van der Waals surface area contributed by atoms with Crippen LogP contribution in [-0.2, 0) is 4.74 Å². The van der Waals surface area contributed by atoms with E-state index in [2.05, 4.69) is 15.4 Å². The van der Waals surface area contributed by atoms with E-state index in [9.17, 15) is 4.79 Å². The van der Waals surface area contributed by atoms with Crippen molar-refractivity contribution in [1.29, 1.82) is 5.26 Å². The van der Waals surface area contributed by atoms with Crippen molar-refractivity contribution in [2.75, 3.05) is 18.7 Å². The second kappa shape index (κ2) is 7.63. The number of carbonyl (C=O) groups is 1. The zero-order valence-electron chi connectivity index (χ0n) is 14.4. The van der Waals surface area contributed by atoms with Gasteiger partial charge in [0, 0.05) is 12.6 Å². The van der Waals surface area contributed by atoms with Crippen LogP contribution in [0.3, 0.4) is 0 Å². The van der Waals surface area contributed by atoms with Crippen molar-refractivity contribution in [2.45, 2.75) is 40.2 Å². The zero-order valence-corrected chi connectivity index (χ0v) is 14.4. The van der Waals surface area contributed by atoms with Crippen LogP contribution in [0.2, 0.25) is 0 Å². The van der Waals surface area contributed by atoms with Gasteiger partial charge in [-0.3, -0.25) is 5.01 Å². The Morgan fingerprint density at radius 2 is 2.09 bits per heavy atom. The zero-order chi connectivity index (χ0) is 17.6. The number of ether oxygens (including phenoxy) is 2. The molecule has 0 fully saturated rings. The molecule has 23 heavy (non-hydrogen) atoms. The van der Waals surface area contributed by atoms with Crippen LogP contribution in [0.15, 0.2) is 6.07 Å². The summed E-state index contributed by atoms with van der Waals surface area (Å²) in [4.78, 5) is 20.0. The number of carbonyl (C=O) groups excluding carboxylic acids is 1. The Bertz CT molecular complexity index is 590. The Morgan fingerprint density at radius 3 is 2.57 bits per heavy atom. The summed E-state index contributed by atoms with van der Waals surface area (Å²) in [5.74, 6) is 0.787. The highest BCUT2D eigenvalue weighted by atomic mass is 16.6. The summed E-state index contributed by atoms with van der Waals surface area (Å²) < 4.78 is 10.3. The Morgan fingerprint density at radius 1 is 1.43 bits per heavy atom. The number of hydrazine groups is 1. The molecule has 0 saturated heterocycles. The predicted molar refractivity (Wildman–Crippen MR) is 84.9 cm³/mol. The fourth-order valence-corrected chi connectivity index (χ4v) is 1.68. The van der Waals surface area contributed by atoms with Crippen LogP contribution in [0, 0.1) is 17.2 Å². The lowest BCUT2D eigenvalue weighted by Gasteiger charge is -2.28. The molecule has 1 aromatic heterocycles. The molecule has 0 aromatic carbocycles. The number of amides is 1. The number of hydrogen-bond acceptors (Lipinski definition) is 7. The summed E-state index contributed by atoms with van der Waals surface area (Å²) in [6.07, 6.45) is -0.603. The van der Waals surface area contributed by atoms with Gasteiger partial charge in [0.15, 0.2) is 5.82 Å². The van der Waals surface area contributed by atoms with Crippen molar-refractivity contribution in [3.05, 3.63) is 11.9 Å². The number of methoxy groups -OCH3 is 1. The van der Waals surface area contributed by atoms with Crippen molar-refractivity contribution in [3.63, 3.8) is 0 Å². The van der Waals surface area contributed by atoms with Crippen LogP contribution in [0.5, 0.6) is 5.88 Å². The fraction of sp³-hybridized carbons (Fsp3) is 0.600. The molecule has 0 aliphatic rings. The third kappa shape index (κ3) is 6.38. The van der Waals surface area contributed by atoms with Gasteiger partial charge in [-0.2, -0.15) is 15.2 Å². The van der Waals surface area contributed by atoms with Crippen LogP contribution < -0.4 is 15.2 Å².